The van der Waals surface area contributed by atoms with Crippen LogP contribution in [-0.4, -0.2) is 17.8 Å². The van der Waals surface area contributed by atoms with Gasteiger partial charge in [-0.2, -0.15) is 0 Å². The Hall–Kier alpha value is -0.380. The Morgan fingerprint density at radius 2 is 2.00 bits per heavy atom. The zero-order chi connectivity index (χ0) is 11.5. The standard InChI is InChI=1S/C13H18BrNO/c1-9(10-4-6-12(14)7-5-10)15-8-13(16)11-2-3-11/h4-7,9,11,13,15-16H,2-3,8H2,1H3. The second-order valence-corrected chi connectivity index (χ2v) is 5.50. The Kier molecular flexibility index (Phi) is 4.00. The van der Waals surface area contributed by atoms with E-state index in [0.29, 0.717) is 18.5 Å². The molecule has 1 aliphatic carbocycles. The summed E-state index contributed by atoms with van der Waals surface area (Å²) in [6.07, 6.45) is 2.21. The minimum atomic E-state index is -0.169. The van der Waals surface area contributed by atoms with Gasteiger partial charge in [0.15, 0.2) is 0 Å². The maximum atomic E-state index is 9.76. The maximum absolute atomic E-state index is 9.76. The van der Waals surface area contributed by atoms with Gasteiger partial charge in [-0.15, -0.1) is 0 Å². The largest absolute Gasteiger partial charge is 0.392 e. The third-order valence-corrected chi connectivity index (χ3v) is 3.70. The molecular formula is C13H18BrNO. The van der Waals surface area contributed by atoms with Gasteiger partial charge in [0.1, 0.15) is 0 Å². The monoisotopic (exact) mass is 283 g/mol. The molecule has 88 valence electrons. The van der Waals surface area contributed by atoms with E-state index in [4.69, 9.17) is 0 Å². The molecule has 0 aromatic heterocycles. The molecule has 0 heterocycles. The van der Waals surface area contributed by atoms with Crippen molar-refractivity contribution in [1.29, 1.82) is 0 Å². The van der Waals surface area contributed by atoms with E-state index in [-0.39, 0.29) is 6.10 Å². The van der Waals surface area contributed by atoms with Crippen molar-refractivity contribution in [2.45, 2.75) is 31.9 Å². The first kappa shape index (κ1) is 12.1. The van der Waals surface area contributed by atoms with Crippen molar-refractivity contribution < 1.29 is 5.11 Å². The highest BCUT2D eigenvalue weighted by molar-refractivity contribution is 9.10. The lowest BCUT2D eigenvalue weighted by Gasteiger charge is -2.17. The predicted molar refractivity (Wildman–Crippen MR) is 69.3 cm³/mol. The van der Waals surface area contributed by atoms with Crippen LogP contribution < -0.4 is 5.32 Å². The highest BCUT2D eigenvalue weighted by atomic mass is 79.9. The smallest absolute Gasteiger partial charge is 0.0692 e. The summed E-state index contributed by atoms with van der Waals surface area (Å²) in [5.41, 5.74) is 1.26. The first-order valence-electron chi connectivity index (χ1n) is 5.83. The van der Waals surface area contributed by atoms with E-state index < -0.39 is 0 Å². The third kappa shape index (κ3) is 3.30. The van der Waals surface area contributed by atoms with E-state index in [1.807, 2.05) is 12.1 Å². The molecular weight excluding hydrogens is 266 g/mol. The molecule has 1 saturated carbocycles. The minimum absolute atomic E-state index is 0.169. The summed E-state index contributed by atoms with van der Waals surface area (Å²) in [6, 6.07) is 8.59. The number of hydrogen-bond donors (Lipinski definition) is 2. The number of hydrogen-bond acceptors (Lipinski definition) is 2. The van der Waals surface area contributed by atoms with Crippen molar-refractivity contribution in [3.05, 3.63) is 34.3 Å². The van der Waals surface area contributed by atoms with Crippen LogP contribution in [0.2, 0.25) is 0 Å². The number of rotatable bonds is 5. The molecule has 1 aliphatic rings. The quantitative estimate of drug-likeness (QED) is 0.871. The molecule has 0 spiro atoms. The fraction of sp³-hybridized carbons (Fsp3) is 0.538. The molecule has 2 nitrogen and oxygen atoms in total. The van der Waals surface area contributed by atoms with Crippen molar-refractivity contribution in [2.24, 2.45) is 5.92 Å². The van der Waals surface area contributed by atoms with Crippen molar-refractivity contribution >= 4 is 15.9 Å². The van der Waals surface area contributed by atoms with Crippen LogP contribution in [0.25, 0.3) is 0 Å². The fourth-order valence-corrected chi connectivity index (χ4v) is 2.08. The summed E-state index contributed by atoms with van der Waals surface area (Å²) >= 11 is 3.42. The Labute approximate surface area is 105 Å². The average molecular weight is 284 g/mol. The summed E-state index contributed by atoms with van der Waals surface area (Å²) < 4.78 is 1.10. The Balaban J connectivity index is 1.82. The van der Waals surface area contributed by atoms with Crippen LogP contribution in [0, 0.1) is 5.92 Å². The van der Waals surface area contributed by atoms with Gasteiger partial charge in [-0.05, 0) is 43.4 Å². The topological polar surface area (TPSA) is 32.3 Å². The molecule has 0 aliphatic heterocycles. The number of nitrogens with one attached hydrogen (secondary N) is 1. The summed E-state index contributed by atoms with van der Waals surface area (Å²) in [4.78, 5) is 0. The van der Waals surface area contributed by atoms with Crippen LogP contribution in [0.3, 0.4) is 0 Å². The molecule has 0 radical (unpaired) electrons. The molecule has 1 aromatic carbocycles. The fourth-order valence-electron chi connectivity index (χ4n) is 1.81. The molecule has 16 heavy (non-hydrogen) atoms. The Morgan fingerprint density at radius 3 is 2.56 bits per heavy atom. The van der Waals surface area contributed by atoms with E-state index in [1.54, 1.807) is 0 Å². The molecule has 2 unspecified atom stereocenters. The molecule has 2 N–H and O–H groups in total. The summed E-state index contributed by atoms with van der Waals surface area (Å²) in [5.74, 6) is 0.546. The molecule has 0 saturated heterocycles. The molecule has 2 rings (SSSR count). The Morgan fingerprint density at radius 1 is 1.38 bits per heavy atom. The van der Waals surface area contributed by atoms with Crippen LogP contribution in [-0.2, 0) is 0 Å². The second-order valence-electron chi connectivity index (χ2n) is 4.59. The summed E-state index contributed by atoms with van der Waals surface area (Å²) in [6.45, 7) is 2.82. The van der Waals surface area contributed by atoms with Crippen molar-refractivity contribution in [1.82, 2.24) is 5.32 Å². The summed E-state index contributed by atoms with van der Waals surface area (Å²) in [5, 5.41) is 13.1. The van der Waals surface area contributed by atoms with Gasteiger partial charge in [-0.3, -0.25) is 0 Å². The average Bonchev–Trinajstić information content (AvgIpc) is 3.10. The highest BCUT2D eigenvalue weighted by Gasteiger charge is 2.29. The van der Waals surface area contributed by atoms with E-state index in [0.717, 1.165) is 4.47 Å². The number of halogens is 1. The van der Waals surface area contributed by atoms with E-state index >= 15 is 0 Å². The first-order valence-corrected chi connectivity index (χ1v) is 6.63. The zero-order valence-corrected chi connectivity index (χ0v) is 11.1. The van der Waals surface area contributed by atoms with Crippen LogP contribution in [0.4, 0.5) is 0 Å². The van der Waals surface area contributed by atoms with Crippen LogP contribution >= 0.6 is 15.9 Å². The van der Waals surface area contributed by atoms with Crippen molar-refractivity contribution in [3.8, 4) is 0 Å². The van der Waals surface area contributed by atoms with Crippen molar-refractivity contribution in [3.63, 3.8) is 0 Å². The maximum Gasteiger partial charge on any atom is 0.0692 e. The molecule has 0 bridgehead atoms. The van der Waals surface area contributed by atoms with E-state index in [2.05, 4.69) is 40.3 Å². The zero-order valence-electron chi connectivity index (χ0n) is 9.49. The molecule has 3 heteroatoms. The van der Waals surface area contributed by atoms with Crippen LogP contribution in [0.1, 0.15) is 31.4 Å². The number of benzene rings is 1. The number of aliphatic hydroxyl groups excluding tert-OH is 1. The molecule has 1 aromatic rings. The second kappa shape index (κ2) is 5.30. The molecule has 0 amide bonds. The van der Waals surface area contributed by atoms with Gasteiger partial charge in [-0.25, -0.2) is 0 Å². The predicted octanol–water partition coefficient (Wildman–Crippen LogP) is 2.87. The van der Waals surface area contributed by atoms with Gasteiger partial charge < -0.3 is 10.4 Å². The SMILES string of the molecule is CC(NCC(O)C1CC1)c1ccc(Br)cc1. The van der Waals surface area contributed by atoms with Crippen molar-refractivity contribution in [2.75, 3.05) is 6.54 Å². The number of aliphatic hydroxyl groups is 1. The van der Waals surface area contributed by atoms with E-state index in [9.17, 15) is 5.11 Å². The highest BCUT2D eigenvalue weighted by Crippen LogP contribution is 2.32. The van der Waals surface area contributed by atoms with Gasteiger partial charge >= 0.3 is 0 Å². The van der Waals surface area contributed by atoms with Gasteiger partial charge in [0.05, 0.1) is 6.10 Å². The van der Waals surface area contributed by atoms with E-state index in [1.165, 1.54) is 18.4 Å². The van der Waals surface area contributed by atoms with Crippen LogP contribution in [0.5, 0.6) is 0 Å². The lowest BCUT2D eigenvalue weighted by Crippen LogP contribution is -2.30. The molecule has 2 atom stereocenters. The summed E-state index contributed by atoms with van der Waals surface area (Å²) in [7, 11) is 0. The van der Waals surface area contributed by atoms with Crippen LogP contribution in [0.15, 0.2) is 28.7 Å². The van der Waals surface area contributed by atoms with Gasteiger partial charge in [0.2, 0.25) is 0 Å². The lowest BCUT2D eigenvalue weighted by molar-refractivity contribution is 0.145. The third-order valence-electron chi connectivity index (χ3n) is 3.17. The first-order chi connectivity index (χ1) is 7.66. The van der Waals surface area contributed by atoms with Gasteiger partial charge in [0.25, 0.3) is 0 Å². The Bertz CT molecular complexity index is 334. The lowest BCUT2D eigenvalue weighted by atomic mass is 10.1. The normalized spacial score (nSPS) is 19.4. The van der Waals surface area contributed by atoms with Gasteiger partial charge in [0, 0.05) is 17.1 Å². The van der Waals surface area contributed by atoms with Gasteiger partial charge in [-0.1, -0.05) is 28.1 Å². The molecule has 1 fully saturated rings. The minimum Gasteiger partial charge on any atom is -0.392 e.